The van der Waals surface area contributed by atoms with Crippen molar-refractivity contribution in [2.45, 2.75) is 32.8 Å². The number of anilines is 1. The average molecular weight is 464 g/mol. The Kier molecular flexibility index (Phi) is 7.92. The number of aromatic nitrogens is 1. The topological polar surface area (TPSA) is 99.2 Å². The van der Waals surface area contributed by atoms with Gasteiger partial charge in [0, 0.05) is 23.6 Å². The molecule has 1 aromatic carbocycles. The summed E-state index contributed by atoms with van der Waals surface area (Å²) in [6.07, 6.45) is 1.66. The van der Waals surface area contributed by atoms with Crippen molar-refractivity contribution in [3.05, 3.63) is 28.3 Å². The summed E-state index contributed by atoms with van der Waals surface area (Å²) in [6.45, 7) is 4.66. The molecule has 1 fully saturated rings. The molecule has 0 aliphatic carbocycles. The number of nitrogens with zero attached hydrogens (tertiary/aromatic N) is 2. The second kappa shape index (κ2) is 10.6. The number of ether oxygens (including phenoxy) is 4. The fourth-order valence-corrected chi connectivity index (χ4v) is 4.33. The number of benzene rings is 1. The number of hydrogen-bond acceptors (Lipinski definition) is 8. The van der Waals surface area contributed by atoms with E-state index in [1.165, 1.54) is 37.6 Å². The van der Waals surface area contributed by atoms with E-state index in [9.17, 15) is 9.59 Å². The third kappa shape index (κ3) is 5.49. The van der Waals surface area contributed by atoms with Crippen molar-refractivity contribution < 1.29 is 28.5 Å². The van der Waals surface area contributed by atoms with Crippen LogP contribution in [0.15, 0.2) is 12.1 Å². The van der Waals surface area contributed by atoms with Crippen LogP contribution in [0.3, 0.4) is 0 Å². The highest BCUT2D eigenvalue weighted by atomic mass is 32.1. The first kappa shape index (κ1) is 23.8. The molecule has 3 rings (SSSR count). The summed E-state index contributed by atoms with van der Waals surface area (Å²) in [5, 5.41) is 3.31. The van der Waals surface area contributed by atoms with Gasteiger partial charge in [-0.2, -0.15) is 0 Å². The number of carbonyl (C=O) groups is 2. The van der Waals surface area contributed by atoms with Crippen molar-refractivity contribution in [1.82, 2.24) is 9.88 Å². The Labute approximate surface area is 191 Å². The number of methoxy groups -OCH3 is 3. The van der Waals surface area contributed by atoms with Gasteiger partial charge in [0.1, 0.15) is 6.54 Å². The molecule has 0 radical (unpaired) electrons. The predicted octanol–water partition coefficient (Wildman–Crippen LogP) is 3.05. The van der Waals surface area contributed by atoms with Crippen LogP contribution in [0.1, 0.15) is 33.8 Å². The molecule has 2 amide bonds. The van der Waals surface area contributed by atoms with Gasteiger partial charge in [0.2, 0.25) is 11.7 Å². The second-order valence-corrected chi connectivity index (χ2v) is 8.65. The van der Waals surface area contributed by atoms with Crippen molar-refractivity contribution in [2.75, 3.05) is 46.3 Å². The van der Waals surface area contributed by atoms with Crippen molar-refractivity contribution in [3.63, 3.8) is 0 Å². The first-order valence-electron chi connectivity index (χ1n) is 10.3. The number of hydrogen-bond donors (Lipinski definition) is 1. The predicted molar refractivity (Wildman–Crippen MR) is 121 cm³/mol. The minimum atomic E-state index is -0.332. The van der Waals surface area contributed by atoms with Crippen LogP contribution in [-0.4, -0.2) is 68.8 Å². The number of amides is 2. The lowest BCUT2D eigenvalue weighted by molar-refractivity contribution is -0.117. The normalized spacial score (nSPS) is 15.3. The molecule has 1 aliphatic rings. The number of thiazole rings is 1. The van der Waals surface area contributed by atoms with Crippen molar-refractivity contribution in [1.29, 1.82) is 0 Å². The molecular weight excluding hydrogens is 434 g/mol. The van der Waals surface area contributed by atoms with E-state index in [1.54, 1.807) is 12.1 Å². The Bertz CT molecular complexity index is 926. The standard InChI is InChI=1S/C22H29N3O6S/c1-13-14(2)32-22(23-13)24-19(26)12-25(11-16-7-6-8-31-16)21(27)15-9-17(28-3)20(30-5)18(10-15)29-4/h9-10,16H,6-8,11-12H2,1-5H3,(H,23,24,26). The largest absolute Gasteiger partial charge is 0.493 e. The summed E-state index contributed by atoms with van der Waals surface area (Å²) in [6, 6.07) is 3.16. The molecule has 32 heavy (non-hydrogen) atoms. The molecule has 0 bridgehead atoms. The maximum atomic E-state index is 13.4. The lowest BCUT2D eigenvalue weighted by Crippen LogP contribution is -2.42. The quantitative estimate of drug-likeness (QED) is 0.610. The summed E-state index contributed by atoms with van der Waals surface area (Å²) in [5.41, 5.74) is 1.20. The van der Waals surface area contributed by atoms with Crippen LogP contribution in [0.2, 0.25) is 0 Å². The number of aryl methyl sites for hydroxylation is 2. The van der Waals surface area contributed by atoms with Crippen molar-refractivity contribution >= 4 is 28.3 Å². The van der Waals surface area contributed by atoms with Crippen molar-refractivity contribution in [3.8, 4) is 17.2 Å². The van der Waals surface area contributed by atoms with Gasteiger partial charge >= 0.3 is 0 Å². The van der Waals surface area contributed by atoms with Crippen LogP contribution in [0.4, 0.5) is 5.13 Å². The van der Waals surface area contributed by atoms with E-state index in [0.29, 0.717) is 41.1 Å². The molecule has 1 atom stereocenters. The Balaban J connectivity index is 1.84. The lowest BCUT2D eigenvalue weighted by atomic mass is 10.1. The molecule has 2 aromatic rings. The maximum absolute atomic E-state index is 13.4. The monoisotopic (exact) mass is 463 g/mol. The van der Waals surface area contributed by atoms with Gasteiger partial charge in [0.25, 0.3) is 5.91 Å². The summed E-state index contributed by atoms with van der Waals surface area (Å²) in [4.78, 5) is 33.0. The highest BCUT2D eigenvalue weighted by Crippen LogP contribution is 2.38. The first-order valence-corrected chi connectivity index (χ1v) is 11.1. The summed E-state index contributed by atoms with van der Waals surface area (Å²) in [5.74, 6) is 0.472. The zero-order chi connectivity index (χ0) is 23.3. The third-order valence-electron chi connectivity index (χ3n) is 5.26. The minimum absolute atomic E-state index is 0.113. The van der Waals surface area contributed by atoms with E-state index in [-0.39, 0.29) is 24.5 Å². The Morgan fingerprint density at radius 1 is 1.19 bits per heavy atom. The van der Waals surface area contributed by atoms with E-state index in [2.05, 4.69) is 10.3 Å². The van der Waals surface area contributed by atoms with E-state index in [1.807, 2.05) is 13.8 Å². The summed E-state index contributed by atoms with van der Waals surface area (Å²) >= 11 is 1.40. The van der Waals surface area contributed by atoms with Gasteiger partial charge in [-0.15, -0.1) is 11.3 Å². The van der Waals surface area contributed by atoms with Gasteiger partial charge < -0.3 is 29.2 Å². The molecule has 1 unspecified atom stereocenters. The fourth-order valence-electron chi connectivity index (χ4n) is 3.50. The van der Waals surface area contributed by atoms with Crippen LogP contribution in [0.25, 0.3) is 0 Å². The number of rotatable bonds is 9. The Morgan fingerprint density at radius 3 is 2.38 bits per heavy atom. The van der Waals surface area contributed by atoms with Gasteiger partial charge in [-0.3, -0.25) is 9.59 Å². The van der Waals surface area contributed by atoms with Crippen LogP contribution in [-0.2, 0) is 9.53 Å². The van der Waals surface area contributed by atoms with E-state index in [0.717, 1.165) is 23.4 Å². The Hall–Kier alpha value is -2.85. The van der Waals surface area contributed by atoms with Crippen LogP contribution in [0, 0.1) is 13.8 Å². The van der Waals surface area contributed by atoms with E-state index < -0.39 is 0 Å². The smallest absolute Gasteiger partial charge is 0.254 e. The first-order chi connectivity index (χ1) is 15.4. The van der Waals surface area contributed by atoms with Crippen molar-refractivity contribution in [2.24, 2.45) is 0 Å². The Morgan fingerprint density at radius 2 is 1.88 bits per heavy atom. The van der Waals surface area contributed by atoms with Crippen LogP contribution >= 0.6 is 11.3 Å². The molecular formula is C22H29N3O6S. The van der Waals surface area contributed by atoms with Gasteiger partial charge in [-0.05, 0) is 38.8 Å². The van der Waals surface area contributed by atoms with E-state index in [4.69, 9.17) is 18.9 Å². The lowest BCUT2D eigenvalue weighted by Gasteiger charge is -2.25. The minimum Gasteiger partial charge on any atom is -0.493 e. The second-order valence-electron chi connectivity index (χ2n) is 7.44. The van der Waals surface area contributed by atoms with Crippen LogP contribution < -0.4 is 19.5 Å². The molecule has 0 spiro atoms. The van der Waals surface area contributed by atoms with Gasteiger partial charge in [-0.25, -0.2) is 4.98 Å². The van der Waals surface area contributed by atoms with Crippen LogP contribution in [0.5, 0.6) is 17.2 Å². The third-order valence-corrected chi connectivity index (χ3v) is 6.24. The molecule has 174 valence electrons. The molecule has 1 aliphatic heterocycles. The van der Waals surface area contributed by atoms with Gasteiger partial charge in [-0.1, -0.05) is 0 Å². The number of nitrogens with one attached hydrogen (secondary N) is 1. The molecule has 10 heteroatoms. The molecule has 1 aromatic heterocycles. The summed E-state index contributed by atoms with van der Waals surface area (Å²) in [7, 11) is 4.47. The van der Waals surface area contributed by atoms with E-state index >= 15 is 0 Å². The fraction of sp³-hybridized carbons (Fsp3) is 0.500. The molecule has 2 heterocycles. The zero-order valence-electron chi connectivity index (χ0n) is 19.0. The summed E-state index contributed by atoms with van der Waals surface area (Å²) < 4.78 is 21.8. The molecule has 1 N–H and O–H groups in total. The molecule has 1 saturated heterocycles. The maximum Gasteiger partial charge on any atom is 0.254 e. The highest BCUT2D eigenvalue weighted by Gasteiger charge is 2.27. The zero-order valence-corrected chi connectivity index (χ0v) is 19.8. The SMILES string of the molecule is COc1cc(C(=O)N(CC(=O)Nc2nc(C)c(C)s2)CC2CCCO2)cc(OC)c1OC. The molecule has 0 saturated carbocycles. The average Bonchev–Trinajstić information content (AvgIpc) is 3.40. The highest BCUT2D eigenvalue weighted by molar-refractivity contribution is 7.15. The number of carbonyl (C=O) groups excluding carboxylic acids is 2. The molecule has 9 nitrogen and oxygen atoms in total. The van der Waals surface area contributed by atoms with Gasteiger partial charge in [0.05, 0.1) is 33.1 Å². The van der Waals surface area contributed by atoms with Gasteiger partial charge in [0.15, 0.2) is 16.6 Å².